The van der Waals surface area contributed by atoms with E-state index in [-0.39, 0.29) is 11.4 Å². The number of nitrogens with zero attached hydrogens (tertiary/aromatic N) is 1. The largest absolute Gasteiger partial charge is 0.393 e. The lowest BCUT2D eigenvalue weighted by Gasteiger charge is -1.97. The van der Waals surface area contributed by atoms with Crippen LogP contribution in [0, 0.1) is 10.1 Å². The van der Waals surface area contributed by atoms with E-state index >= 15 is 0 Å². The van der Waals surface area contributed by atoms with Crippen LogP contribution in [0.25, 0.3) is 6.08 Å². The second-order valence-electron chi connectivity index (χ2n) is 2.57. The molecule has 72 valence electrons. The van der Waals surface area contributed by atoms with Crippen molar-refractivity contribution in [1.29, 1.82) is 0 Å². The average molecular weight is 192 g/mol. The van der Waals surface area contributed by atoms with Crippen LogP contribution >= 0.6 is 0 Å². The van der Waals surface area contributed by atoms with Crippen molar-refractivity contribution in [3.8, 4) is 0 Å². The summed E-state index contributed by atoms with van der Waals surface area (Å²) in [6.45, 7) is 0. The molecule has 14 heavy (non-hydrogen) atoms. The lowest BCUT2D eigenvalue weighted by Crippen LogP contribution is -1.95. The van der Waals surface area contributed by atoms with Crippen molar-refractivity contribution in [1.82, 2.24) is 0 Å². The van der Waals surface area contributed by atoms with Gasteiger partial charge in [0.1, 0.15) is 12.0 Å². The molecule has 0 saturated heterocycles. The fourth-order valence-electron chi connectivity index (χ4n) is 0.993. The first-order valence-corrected chi connectivity index (χ1v) is 3.81. The van der Waals surface area contributed by atoms with Crippen molar-refractivity contribution in [3.63, 3.8) is 0 Å². The number of hydrogen-bond donors (Lipinski definition) is 1. The molecule has 0 heterocycles. The Labute approximate surface area is 80.0 Å². The number of nitro benzene ring substituents is 1. The Morgan fingerprint density at radius 2 is 2.14 bits per heavy atom. The molecule has 0 saturated carbocycles. The van der Waals surface area contributed by atoms with Crippen LogP contribution in [-0.2, 0) is 4.79 Å². The third-order valence-corrected chi connectivity index (χ3v) is 1.62. The van der Waals surface area contributed by atoms with E-state index in [1.807, 2.05) is 0 Å². The summed E-state index contributed by atoms with van der Waals surface area (Å²) in [6.07, 6.45) is 3.44. The first kappa shape index (κ1) is 9.91. The second kappa shape index (κ2) is 4.18. The Morgan fingerprint density at radius 3 is 2.64 bits per heavy atom. The summed E-state index contributed by atoms with van der Waals surface area (Å²) in [5, 5.41) is 10.4. The zero-order valence-corrected chi connectivity index (χ0v) is 7.21. The number of carbonyl (C=O) groups excluding carboxylic acids is 1. The van der Waals surface area contributed by atoms with Crippen LogP contribution in [0.15, 0.2) is 24.3 Å². The molecule has 0 aliphatic rings. The summed E-state index contributed by atoms with van der Waals surface area (Å²) in [4.78, 5) is 19.9. The molecule has 0 aliphatic carbocycles. The molecular formula is C9H8N2O3. The molecule has 0 bridgehead atoms. The van der Waals surface area contributed by atoms with E-state index in [1.165, 1.54) is 30.4 Å². The number of anilines is 1. The van der Waals surface area contributed by atoms with Gasteiger partial charge in [0.25, 0.3) is 5.69 Å². The van der Waals surface area contributed by atoms with Crippen molar-refractivity contribution in [2.75, 3.05) is 5.73 Å². The molecule has 1 aromatic rings. The second-order valence-corrected chi connectivity index (χ2v) is 2.57. The minimum Gasteiger partial charge on any atom is -0.393 e. The highest BCUT2D eigenvalue weighted by Crippen LogP contribution is 2.22. The summed E-state index contributed by atoms with van der Waals surface area (Å²) >= 11 is 0. The molecule has 0 aromatic heterocycles. The number of carbonyl (C=O) groups is 1. The monoisotopic (exact) mass is 192 g/mol. The molecule has 1 aromatic carbocycles. The van der Waals surface area contributed by atoms with Crippen LogP contribution in [0.4, 0.5) is 11.4 Å². The van der Waals surface area contributed by atoms with Crippen molar-refractivity contribution in [2.24, 2.45) is 0 Å². The number of allylic oxidation sites excluding steroid dienone is 1. The van der Waals surface area contributed by atoms with E-state index < -0.39 is 4.92 Å². The van der Waals surface area contributed by atoms with Gasteiger partial charge in [0.15, 0.2) is 0 Å². The number of aldehydes is 1. The van der Waals surface area contributed by atoms with Gasteiger partial charge in [-0.05, 0) is 23.8 Å². The maximum absolute atomic E-state index is 10.4. The van der Waals surface area contributed by atoms with Gasteiger partial charge in [-0.15, -0.1) is 0 Å². The van der Waals surface area contributed by atoms with E-state index in [0.29, 0.717) is 11.8 Å². The Kier molecular flexibility index (Phi) is 2.96. The smallest absolute Gasteiger partial charge is 0.292 e. The summed E-state index contributed by atoms with van der Waals surface area (Å²) in [5.74, 6) is 0. The van der Waals surface area contributed by atoms with E-state index in [4.69, 9.17) is 5.73 Å². The Hall–Kier alpha value is -2.17. The Balaban J connectivity index is 3.06. The van der Waals surface area contributed by atoms with E-state index in [9.17, 15) is 14.9 Å². The van der Waals surface area contributed by atoms with E-state index in [0.717, 1.165) is 0 Å². The molecule has 0 radical (unpaired) electrons. The Morgan fingerprint density at radius 1 is 1.43 bits per heavy atom. The number of nitro groups is 1. The van der Waals surface area contributed by atoms with Crippen LogP contribution in [0.3, 0.4) is 0 Å². The predicted octanol–water partition coefficient (Wildman–Crippen LogP) is 1.39. The lowest BCUT2D eigenvalue weighted by molar-refractivity contribution is -0.383. The minimum atomic E-state index is -0.553. The summed E-state index contributed by atoms with van der Waals surface area (Å²) < 4.78 is 0. The molecule has 0 amide bonds. The molecule has 1 rings (SSSR count). The molecule has 2 N–H and O–H groups in total. The highest BCUT2D eigenvalue weighted by atomic mass is 16.6. The fourth-order valence-corrected chi connectivity index (χ4v) is 0.993. The normalized spacial score (nSPS) is 10.3. The van der Waals surface area contributed by atoms with Crippen LogP contribution in [0.1, 0.15) is 5.56 Å². The van der Waals surface area contributed by atoms with Gasteiger partial charge in [0, 0.05) is 6.07 Å². The summed E-state index contributed by atoms with van der Waals surface area (Å²) in [6, 6.07) is 4.27. The zero-order chi connectivity index (χ0) is 10.6. The third kappa shape index (κ3) is 2.16. The van der Waals surface area contributed by atoms with Crippen LogP contribution in [0.5, 0.6) is 0 Å². The van der Waals surface area contributed by atoms with Gasteiger partial charge >= 0.3 is 0 Å². The molecule has 0 fully saturated rings. The van der Waals surface area contributed by atoms with Crippen LogP contribution < -0.4 is 5.73 Å². The van der Waals surface area contributed by atoms with E-state index in [1.54, 1.807) is 0 Å². The molecule has 0 spiro atoms. The maximum atomic E-state index is 10.4. The first-order valence-electron chi connectivity index (χ1n) is 3.81. The standard InChI is InChI=1S/C9H8N2O3/c10-8-6-7(2-1-5-12)3-4-9(8)11(13)14/h1-6H,10H2. The summed E-state index contributed by atoms with van der Waals surface area (Å²) in [5.41, 5.74) is 6.04. The van der Waals surface area contributed by atoms with Crippen molar-refractivity contribution >= 4 is 23.7 Å². The predicted molar refractivity (Wildman–Crippen MR) is 52.6 cm³/mol. The van der Waals surface area contributed by atoms with Gasteiger partial charge in [-0.25, -0.2) is 0 Å². The van der Waals surface area contributed by atoms with Crippen molar-refractivity contribution in [3.05, 3.63) is 40.0 Å². The minimum absolute atomic E-state index is 0.0862. The van der Waals surface area contributed by atoms with Gasteiger partial charge in [0.2, 0.25) is 0 Å². The zero-order valence-electron chi connectivity index (χ0n) is 7.21. The molecule has 5 heteroatoms. The topological polar surface area (TPSA) is 86.2 Å². The molecule has 0 unspecified atom stereocenters. The van der Waals surface area contributed by atoms with Crippen LogP contribution in [0.2, 0.25) is 0 Å². The average Bonchev–Trinajstić information content (AvgIpc) is 2.14. The van der Waals surface area contributed by atoms with Gasteiger partial charge in [0.05, 0.1) is 4.92 Å². The number of hydrogen-bond acceptors (Lipinski definition) is 4. The molecule has 5 nitrogen and oxygen atoms in total. The van der Waals surface area contributed by atoms with Crippen molar-refractivity contribution < 1.29 is 9.72 Å². The Bertz CT molecular complexity index is 399. The van der Waals surface area contributed by atoms with Gasteiger partial charge in [-0.3, -0.25) is 14.9 Å². The molecular weight excluding hydrogens is 184 g/mol. The van der Waals surface area contributed by atoms with Gasteiger partial charge in [-0.1, -0.05) is 6.08 Å². The highest BCUT2D eigenvalue weighted by Gasteiger charge is 2.09. The number of nitrogens with two attached hydrogens (primary N) is 1. The highest BCUT2D eigenvalue weighted by molar-refractivity contribution is 5.75. The fraction of sp³-hybridized carbons (Fsp3) is 0. The number of nitrogen functional groups attached to an aromatic ring is 1. The molecule has 0 atom stereocenters. The maximum Gasteiger partial charge on any atom is 0.292 e. The number of rotatable bonds is 3. The van der Waals surface area contributed by atoms with Gasteiger partial charge in [-0.2, -0.15) is 0 Å². The molecule has 0 aliphatic heterocycles. The van der Waals surface area contributed by atoms with E-state index in [2.05, 4.69) is 0 Å². The summed E-state index contributed by atoms with van der Waals surface area (Å²) in [7, 11) is 0. The quantitative estimate of drug-likeness (QED) is 0.258. The van der Waals surface area contributed by atoms with Gasteiger partial charge < -0.3 is 5.73 Å². The lowest BCUT2D eigenvalue weighted by atomic mass is 10.1. The van der Waals surface area contributed by atoms with Crippen LogP contribution in [-0.4, -0.2) is 11.2 Å². The first-order chi connectivity index (χ1) is 6.65. The SMILES string of the molecule is Nc1cc(C=CC=O)ccc1[N+](=O)[O-]. The van der Waals surface area contributed by atoms with Crippen molar-refractivity contribution in [2.45, 2.75) is 0 Å². The third-order valence-electron chi connectivity index (χ3n) is 1.62. The number of benzene rings is 1.